The molecule has 0 unspecified atom stereocenters. The Morgan fingerprint density at radius 1 is 1.05 bits per heavy atom. The monoisotopic (exact) mass is 364 g/mol. The van der Waals surface area contributed by atoms with Gasteiger partial charge >= 0.3 is 0 Å². The van der Waals surface area contributed by atoms with E-state index in [9.17, 15) is 0 Å². The molecule has 0 spiro atoms. The maximum absolute atomic E-state index is 5.53. The van der Waals surface area contributed by atoms with Gasteiger partial charge in [-0.1, -0.05) is 6.07 Å². The number of hydrogen-bond donors (Lipinski definition) is 1. The molecule has 0 aliphatic carbocycles. The van der Waals surface area contributed by atoms with E-state index in [1.807, 2.05) is 42.7 Å². The summed E-state index contributed by atoms with van der Waals surface area (Å²) in [7, 11) is 0. The maximum Gasteiger partial charge on any atom is 0.164 e. The summed E-state index contributed by atoms with van der Waals surface area (Å²) in [5.41, 5.74) is 2.22. The highest BCUT2D eigenvalue weighted by atomic mass is 127. The van der Waals surface area contributed by atoms with Gasteiger partial charge in [0.05, 0.1) is 6.54 Å². The molecule has 1 N–H and O–H groups in total. The lowest BCUT2D eigenvalue weighted by Crippen LogP contribution is -1.99. The Kier molecular flexibility index (Phi) is 3.59. The summed E-state index contributed by atoms with van der Waals surface area (Å²) < 4.78 is 8.52. The first-order valence-electron chi connectivity index (χ1n) is 6.03. The van der Waals surface area contributed by atoms with Crippen LogP contribution in [0.4, 0.5) is 5.69 Å². The molecule has 19 heavy (non-hydrogen) atoms. The van der Waals surface area contributed by atoms with Gasteiger partial charge in [-0.3, -0.25) is 0 Å². The van der Waals surface area contributed by atoms with Crippen LogP contribution in [0.1, 0.15) is 5.76 Å². The Labute approximate surface area is 125 Å². The van der Waals surface area contributed by atoms with Crippen molar-refractivity contribution in [3.8, 4) is 5.69 Å². The molecule has 2 heterocycles. The van der Waals surface area contributed by atoms with E-state index in [1.54, 1.807) is 0 Å². The van der Waals surface area contributed by atoms with E-state index >= 15 is 0 Å². The molecule has 0 atom stereocenters. The van der Waals surface area contributed by atoms with E-state index in [4.69, 9.17) is 4.42 Å². The summed E-state index contributed by atoms with van der Waals surface area (Å²) in [5, 5.41) is 3.37. The van der Waals surface area contributed by atoms with Crippen LogP contribution in [0.2, 0.25) is 0 Å². The third kappa shape index (κ3) is 3.01. The minimum absolute atomic E-state index is 0.693. The number of furan rings is 1. The molecule has 0 fully saturated rings. The average Bonchev–Trinajstić information content (AvgIpc) is 3.08. The topological polar surface area (TPSA) is 30.1 Å². The zero-order valence-corrected chi connectivity index (χ0v) is 12.4. The number of aromatic nitrogens is 1. The van der Waals surface area contributed by atoms with Gasteiger partial charge in [-0.25, -0.2) is 0 Å². The van der Waals surface area contributed by atoms with Crippen LogP contribution in [-0.4, -0.2) is 4.57 Å². The predicted octanol–water partition coefficient (Wildman–Crippen LogP) is 4.29. The second kappa shape index (κ2) is 5.52. The van der Waals surface area contributed by atoms with Crippen LogP contribution in [0.5, 0.6) is 0 Å². The molecule has 3 aromatic rings. The lowest BCUT2D eigenvalue weighted by atomic mass is 10.2. The Morgan fingerprint density at radius 3 is 2.63 bits per heavy atom. The van der Waals surface area contributed by atoms with Crippen LogP contribution in [0.25, 0.3) is 5.69 Å². The Morgan fingerprint density at radius 2 is 1.89 bits per heavy atom. The highest BCUT2D eigenvalue weighted by molar-refractivity contribution is 14.1. The molecule has 96 valence electrons. The number of benzene rings is 1. The third-order valence-corrected chi connectivity index (χ3v) is 3.42. The first-order valence-corrected chi connectivity index (χ1v) is 7.11. The number of rotatable bonds is 4. The van der Waals surface area contributed by atoms with Crippen molar-refractivity contribution in [2.45, 2.75) is 6.54 Å². The van der Waals surface area contributed by atoms with E-state index in [2.05, 4.69) is 50.7 Å². The summed E-state index contributed by atoms with van der Waals surface area (Å²) in [4.78, 5) is 0. The quantitative estimate of drug-likeness (QED) is 0.701. The van der Waals surface area contributed by atoms with Gasteiger partial charge in [0, 0.05) is 23.8 Å². The number of anilines is 1. The van der Waals surface area contributed by atoms with Crippen LogP contribution in [0.15, 0.2) is 65.3 Å². The molecule has 2 aromatic heterocycles. The summed E-state index contributed by atoms with van der Waals surface area (Å²) in [5.74, 6) is 0.941. The van der Waals surface area contributed by atoms with Gasteiger partial charge < -0.3 is 14.3 Å². The molecule has 0 bridgehead atoms. The second-order valence-corrected chi connectivity index (χ2v) is 5.26. The van der Waals surface area contributed by atoms with Gasteiger partial charge in [0.1, 0.15) is 5.76 Å². The third-order valence-electron chi connectivity index (χ3n) is 2.84. The molecular weight excluding hydrogens is 351 g/mol. The van der Waals surface area contributed by atoms with E-state index < -0.39 is 0 Å². The van der Waals surface area contributed by atoms with Gasteiger partial charge in [-0.05, 0) is 65.1 Å². The van der Waals surface area contributed by atoms with E-state index in [-0.39, 0.29) is 0 Å². The van der Waals surface area contributed by atoms with Crippen molar-refractivity contribution in [3.05, 3.63) is 70.5 Å². The highest BCUT2D eigenvalue weighted by Crippen LogP contribution is 2.17. The summed E-state index contributed by atoms with van der Waals surface area (Å²) in [6, 6.07) is 16.3. The Hall–Kier alpha value is -1.69. The van der Waals surface area contributed by atoms with Crippen LogP contribution in [-0.2, 0) is 6.54 Å². The average molecular weight is 364 g/mol. The van der Waals surface area contributed by atoms with Crippen LogP contribution in [0.3, 0.4) is 0 Å². The van der Waals surface area contributed by atoms with E-state index in [1.165, 1.54) is 0 Å². The molecule has 0 radical (unpaired) electrons. The minimum atomic E-state index is 0.693. The fourth-order valence-electron chi connectivity index (χ4n) is 1.92. The molecule has 0 aliphatic rings. The summed E-state index contributed by atoms with van der Waals surface area (Å²) >= 11 is 2.17. The zero-order valence-electron chi connectivity index (χ0n) is 10.2. The summed E-state index contributed by atoms with van der Waals surface area (Å²) in [6.45, 7) is 0.693. The second-order valence-electron chi connectivity index (χ2n) is 4.20. The van der Waals surface area contributed by atoms with Gasteiger partial charge in [-0.15, -0.1) is 0 Å². The number of hydrogen-bond acceptors (Lipinski definition) is 2. The van der Waals surface area contributed by atoms with Crippen molar-refractivity contribution in [2.24, 2.45) is 0 Å². The standard InChI is InChI=1S/C15H13IN2O/c16-15-7-6-14(19-15)11-17-12-4-3-5-13(10-12)18-8-1-2-9-18/h1-10,17H,11H2. The largest absolute Gasteiger partial charge is 0.454 e. The maximum atomic E-state index is 5.53. The first kappa shape index (κ1) is 12.3. The molecule has 3 nitrogen and oxygen atoms in total. The number of nitrogens with zero attached hydrogens (tertiary/aromatic N) is 1. The molecule has 3 rings (SSSR count). The lowest BCUT2D eigenvalue weighted by molar-refractivity contribution is 0.493. The molecule has 1 aromatic carbocycles. The summed E-state index contributed by atoms with van der Waals surface area (Å²) in [6.07, 6.45) is 4.07. The normalized spacial score (nSPS) is 10.6. The van der Waals surface area contributed by atoms with Crippen LogP contribution in [0, 0.1) is 3.77 Å². The predicted molar refractivity (Wildman–Crippen MR) is 84.5 cm³/mol. The van der Waals surface area contributed by atoms with Gasteiger partial charge in [0.25, 0.3) is 0 Å². The Balaban J connectivity index is 1.73. The van der Waals surface area contributed by atoms with E-state index in [0.29, 0.717) is 6.54 Å². The van der Waals surface area contributed by atoms with Gasteiger partial charge in [0.15, 0.2) is 3.77 Å². The molecule has 0 saturated heterocycles. The molecule has 0 amide bonds. The molecular formula is C15H13IN2O. The Bertz CT molecular complexity index is 658. The first-order chi connectivity index (χ1) is 9.31. The molecule has 0 aliphatic heterocycles. The van der Waals surface area contributed by atoms with Gasteiger partial charge in [-0.2, -0.15) is 0 Å². The van der Waals surface area contributed by atoms with Crippen LogP contribution < -0.4 is 5.32 Å². The van der Waals surface area contributed by atoms with Crippen molar-refractivity contribution >= 4 is 28.3 Å². The fourth-order valence-corrected chi connectivity index (χ4v) is 2.38. The fraction of sp³-hybridized carbons (Fsp3) is 0.0667. The molecule has 4 heteroatoms. The van der Waals surface area contributed by atoms with Crippen molar-refractivity contribution in [1.29, 1.82) is 0 Å². The van der Waals surface area contributed by atoms with Crippen molar-refractivity contribution in [2.75, 3.05) is 5.32 Å². The van der Waals surface area contributed by atoms with Crippen molar-refractivity contribution < 1.29 is 4.42 Å². The number of nitrogens with one attached hydrogen (secondary N) is 1. The molecule has 0 saturated carbocycles. The minimum Gasteiger partial charge on any atom is -0.454 e. The van der Waals surface area contributed by atoms with Crippen molar-refractivity contribution in [3.63, 3.8) is 0 Å². The SMILES string of the molecule is Ic1ccc(CNc2cccc(-n3cccc3)c2)o1. The van der Waals surface area contributed by atoms with Gasteiger partial charge in [0.2, 0.25) is 0 Å². The van der Waals surface area contributed by atoms with Crippen molar-refractivity contribution in [1.82, 2.24) is 4.57 Å². The zero-order chi connectivity index (χ0) is 13.1. The smallest absolute Gasteiger partial charge is 0.164 e. The lowest BCUT2D eigenvalue weighted by Gasteiger charge is -2.08. The highest BCUT2D eigenvalue weighted by Gasteiger charge is 2.00. The number of halogens is 1. The van der Waals surface area contributed by atoms with E-state index in [0.717, 1.165) is 20.9 Å². The van der Waals surface area contributed by atoms with Crippen LogP contribution >= 0.6 is 22.6 Å².